The van der Waals surface area contributed by atoms with E-state index in [0.29, 0.717) is 0 Å². The number of nitrogens with zero attached hydrogens (tertiary/aromatic N) is 1. The van der Waals surface area contributed by atoms with Crippen LogP contribution in [-0.4, -0.2) is 23.8 Å². The third-order valence-electron chi connectivity index (χ3n) is 3.40. The van der Waals surface area contributed by atoms with E-state index in [9.17, 15) is 0 Å². The van der Waals surface area contributed by atoms with Crippen molar-refractivity contribution in [2.45, 2.75) is 32.7 Å². The lowest BCUT2D eigenvalue weighted by Gasteiger charge is -2.21. The monoisotopic (exact) mass is 245 g/mol. The van der Waals surface area contributed by atoms with Gasteiger partial charge in [-0.05, 0) is 43.4 Å². The molecule has 0 aliphatic heterocycles. The predicted octanol–water partition coefficient (Wildman–Crippen LogP) is 2.59. The van der Waals surface area contributed by atoms with Crippen LogP contribution in [0, 0.1) is 11.3 Å². The summed E-state index contributed by atoms with van der Waals surface area (Å²) in [6.45, 7) is 5.58. The molecule has 1 fully saturated rings. The van der Waals surface area contributed by atoms with Crippen LogP contribution in [0.4, 0.5) is 0 Å². The van der Waals surface area contributed by atoms with Gasteiger partial charge in [-0.1, -0.05) is 25.1 Å². The van der Waals surface area contributed by atoms with E-state index in [-0.39, 0.29) is 5.84 Å². The largest absolute Gasteiger partial charge is 0.384 e. The van der Waals surface area contributed by atoms with Crippen molar-refractivity contribution in [2.24, 2.45) is 11.7 Å². The van der Waals surface area contributed by atoms with Crippen molar-refractivity contribution in [3.63, 3.8) is 0 Å². The fraction of sp³-hybridized carbons (Fsp3) is 0.533. The maximum absolute atomic E-state index is 7.48. The van der Waals surface area contributed by atoms with Crippen molar-refractivity contribution in [1.82, 2.24) is 4.90 Å². The van der Waals surface area contributed by atoms with Crippen molar-refractivity contribution in [2.75, 3.05) is 13.1 Å². The zero-order chi connectivity index (χ0) is 13.0. The molecule has 1 aromatic carbocycles. The summed E-state index contributed by atoms with van der Waals surface area (Å²) in [5.74, 6) is 1.08. The van der Waals surface area contributed by atoms with Crippen molar-refractivity contribution in [3.8, 4) is 0 Å². The molecule has 1 aliphatic rings. The number of amidine groups is 1. The van der Waals surface area contributed by atoms with E-state index in [0.717, 1.165) is 24.6 Å². The number of hydrogen-bond acceptors (Lipinski definition) is 2. The van der Waals surface area contributed by atoms with E-state index >= 15 is 0 Å². The summed E-state index contributed by atoms with van der Waals surface area (Å²) in [5, 5.41) is 7.48. The summed E-state index contributed by atoms with van der Waals surface area (Å²) >= 11 is 0. The molecule has 0 saturated heterocycles. The standard InChI is InChI=1S/C15H23N3/c1-2-8-18(10-12-6-7-12)11-13-4-3-5-14(9-13)15(16)17/h3-5,9,12H,2,6-8,10-11H2,1H3,(H3,16,17). The summed E-state index contributed by atoms with van der Waals surface area (Å²) in [7, 11) is 0. The van der Waals surface area contributed by atoms with Crippen LogP contribution in [0.5, 0.6) is 0 Å². The molecule has 0 bridgehead atoms. The second-order valence-corrected chi connectivity index (χ2v) is 5.29. The van der Waals surface area contributed by atoms with Gasteiger partial charge in [-0.25, -0.2) is 0 Å². The first-order valence-corrected chi connectivity index (χ1v) is 6.84. The Morgan fingerprint density at radius 3 is 2.83 bits per heavy atom. The first-order chi connectivity index (χ1) is 8.69. The van der Waals surface area contributed by atoms with E-state index in [4.69, 9.17) is 11.1 Å². The number of nitrogens with one attached hydrogen (secondary N) is 1. The van der Waals surface area contributed by atoms with Crippen LogP contribution in [-0.2, 0) is 6.54 Å². The second-order valence-electron chi connectivity index (χ2n) is 5.29. The van der Waals surface area contributed by atoms with Crippen LogP contribution < -0.4 is 5.73 Å². The molecule has 3 nitrogen and oxygen atoms in total. The Balaban J connectivity index is 2.00. The summed E-state index contributed by atoms with van der Waals surface area (Å²) in [6.07, 6.45) is 3.99. The Kier molecular flexibility index (Phi) is 4.37. The lowest BCUT2D eigenvalue weighted by atomic mass is 10.1. The van der Waals surface area contributed by atoms with Gasteiger partial charge in [0, 0.05) is 18.7 Å². The van der Waals surface area contributed by atoms with Crippen LogP contribution >= 0.6 is 0 Å². The summed E-state index contributed by atoms with van der Waals surface area (Å²) in [6, 6.07) is 8.06. The highest BCUT2D eigenvalue weighted by atomic mass is 15.1. The fourth-order valence-corrected chi connectivity index (χ4v) is 2.31. The van der Waals surface area contributed by atoms with Gasteiger partial charge in [0.25, 0.3) is 0 Å². The molecule has 0 spiro atoms. The second kappa shape index (κ2) is 6.01. The highest BCUT2D eigenvalue weighted by molar-refractivity contribution is 5.95. The molecule has 0 unspecified atom stereocenters. The number of nitrogens with two attached hydrogens (primary N) is 1. The molecule has 18 heavy (non-hydrogen) atoms. The van der Waals surface area contributed by atoms with Crippen LogP contribution in [0.2, 0.25) is 0 Å². The minimum absolute atomic E-state index is 0.154. The molecule has 0 amide bonds. The molecule has 0 radical (unpaired) electrons. The molecule has 3 N–H and O–H groups in total. The van der Waals surface area contributed by atoms with Crippen molar-refractivity contribution in [1.29, 1.82) is 5.41 Å². The maximum atomic E-state index is 7.48. The first kappa shape index (κ1) is 13.1. The Bertz CT molecular complexity index is 410. The minimum Gasteiger partial charge on any atom is -0.384 e. The topological polar surface area (TPSA) is 53.1 Å². The number of hydrogen-bond donors (Lipinski definition) is 2. The molecule has 98 valence electrons. The smallest absolute Gasteiger partial charge is 0.122 e. The summed E-state index contributed by atoms with van der Waals surface area (Å²) in [4.78, 5) is 2.52. The lowest BCUT2D eigenvalue weighted by molar-refractivity contribution is 0.255. The van der Waals surface area contributed by atoms with E-state index in [1.54, 1.807) is 0 Å². The number of benzene rings is 1. The van der Waals surface area contributed by atoms with Gasteiger partial charge in [-0.2, -0.15) is 0 Å². The average molecular weight is 245 g/mol. The van der Waals surface area contributed by atoms with Gasteiger partial charge in [0.15, 0.2) is 0 Å². The van der Waals surface area contributed by atoms with Gasteiger partial charge >= 0.3 is 0 Å². The molecule has 0 aromatic heterocycles. The van der Waals surface area contributed by atoms with Gasteiger partial charge in [-0.15, -0.1) is 0 Å². The highest BCUT2D eigenvalue weighted by Gasteiger charge is 2.23. The molecule has 1 aromatic rings. The van der Waals surface area contributed by atoms with E-state index < -0.39 is 0 Å². The zero-order valence-electron chi connectivity index (χ0n) is 11.2. The Hall–Kier alpha value is -1.35. The molecular weight excluding hydrogens is 222 g/mol. The Morgan fingerprint density at radius 1 is 1.44 bits per heavy atom. The third kappa shape index (κ3) is 3.84. The lowest BCUT2D eigenvalue weighted by Crippen LogP contribution is -2.26. The van der Waals surface area contributed by atoms with Crippen molar-refractivity contribution in [3.05, 3.63) is 35.4 Å². The predicted molar refractivity (Wildman–Crippen MR) is 75.8 cm³/mol. The van der Waals surface area contributed by atoms with Gasteiger partial charge in [0.05, 0.1) is 0 Å². The minimum atomic E-state index is 0.154. The fourth-order valence-electron chi connectivity index (χ4n) is 2.31. The molecule has 0 atom stereocenters. The van der Waals surface area contributed by atoms with Crippen LogP contribution in [0.3, 0.4) is 0 Å². The third-order valence-corrected chi connectivity index (χ3v) is 3.40. The van der Waals surface area contributed by atoms with Crippen molar-refractivity contribution >= 4 is 5.84 Å². The van der Waals surface area contributed by atoms with E-state index in [1.165, 1.54) is 31.4 Å². The van der Waals surface area contributed by atoms with Gasteiger partial charge in [0.2, 0.25) is 0 Å². The van der Waals surface area contributed by atoms with Crippen LogP contribution in [0.1, 0.15) is 37.3 Å². The number of rotatable bonds is 7. The molecule has 2 rings (SSSR count). The molecule has 1 saturated carbocycles. The maximum Gasteiger partial charge on any atom is 0.122 e. The zero-order valence-corrected chi connectivity index (χ0v) is 11.2. The van der Waals surface area contributed by atoms with Crippen LogP contribution in [0.25, 0.3) is 0 Å². The van der Waals surface area contributed by atoms with E-state index in [2.05, 4.69) is 17.9 Å². The van der Waals surface area contributed by atoms with Crippen molar-refractivity contribution < 1.29 is 0 Å². The van der Waals surface area contributed by atoms with Crippen LogP contribution in [0.15, 0.2) is 24.3 Å². The first-order valence-electron chi connectivity index (χ1n) is 6.84. The molecular formula is C15H23N3. The quantitative estimate of drug-likeness (QED) is 0.573. The Morgan fingerprint density at radius 2 is 2.22 bits per heavy atom. The van der Waals surface area contributed by atoms with Gasteiger partial charge in [-0.3, -0.25) is 10.3 Å². The molecule has 0 heterocycles. The highest BCUT2D eigenvalue weighted by Crippen LogP contribution is 2.30. The summed E-state index contributed by atoms with van der Waals surface area (Å²) < 4.78 is 0. The molecule has 1 aliphatic carbocycles. The Labute approximate surface area is 109 Å². The van der Waals surface area contributed by atoms with E-state index in [1.807, 2.05) is 18.2 Å². The normalized spacial score (nSPS) is 15.0. The average Bonchev–Trinajstić information content (AvgIpc) is 3.13. The summed E-state index contributed by atoms with van der Waals surface area (Å²) in [5.41, 5.74) is 7.62. The number of nitrogen functional groups attached to an aromatic ring is 1. The van der Waals surface area contributed by atoms with Gasteiger partial charge < -0.3 is 5.73 Å². The SMILES string of the molecule is CCCN(Cc1cccc(C(=N)N)c1)CC1CC1. The van der Waals surface area contributed by atoms with Gasteiger partial charge in [0.1, 0.15) is 5.84 Å². The molecule has 3 heteroatoms.